The average Bonchev–Trinajstić information content (AvgIpc) is 3.28. The highest BCUT2D eigenvalue weighted by atomic mass is 16.5. The van der Waals surface area contributed by atoms with Crippen molar-refractivity contribution in [3.8, 4) is 17.7 Å². The molecule has 0 aliphatic heterocycles. The summed E-state index contributed by atoms with van der Waals surface area (Å²) < 4.78 is 10.8. The smallest absolute Gasteiger partial charge is 0.244 e. The van der Waals surface area contributed by atoms with Crippen LogP contribution >= 0.6 is 0 Å². The largest absolute Gasteiger partial charge is 0.465 e. The van der Waals surface area contributed by atoms with E-state index in [0.717, 1.165) is 5.56 Å². The van der Waals surface area contributed by atoms with Crippen LogP contribution in [0.25, 0.3) is 6.08 Å². The molecule has 0 saturated carbocycles. The van der Waals surface area contributed by atoms with Gasteiger partial charge in [0.2, 0.25) is 17.7 Å². The maximum Gasteiger partial charge on any atom is 0.244 e. The first-order valence-electron chi connectivity index (χ1n) is 9.48. The molecule has 0 unspecified atom stereocenters. The third-order valence-corrected chi connectivity index (χ3v) is 4.17. The molecule has 2 aromatic heterocycles. The molecule has 156 valence electrons. The van der Waals surface area contributed by atoms with E-state index in [-0.39, 0.29) is 30.7 Å². The Hall–Kier alpha value is -4.38. The molecule has 0 aliphatic carbocycles. The average molecular weight is 416 g/mol. The Morgan fingerprint density at radius 2 is 2.13 bits per heavy atom. The second-order valence-electron chi connectivity index (χ2n) is 6.48. The first-order chi connectivity index (χ1) is 15.0. The lowest BCUT2D eigenvalue weighted by Crippen LogP contribution is -2.26. The normalized spacial score (nSPS) is 10.5. The van der Waals surface area contributed by atoms with Gasteiger partial charge in [0.05, 0.1) is 6.26 Å². The van der Waals surface area contributed by atoms with Gasteiger partial charge in [-0.15, -0.1) is 0 Å². The maximum atomic E-state index is 12.2. The van der Waals surface area contributed by atoms with Crippen molar-refractivity contribution in [2.24, 2.45) is 0 Å². The number of furan rings is 1. The number of rotatable bonds is 8. The van der Waals surface area contributed by atoms with E-state index >= 15 is 0 Å². The van der Waals surface area contributed by atoms with E-state index in [0.29, 0.717) is 22.8 Å². The third kappa shape index (κ3) is 6.30. The van der Waals surface area contributed by atoms with Gasteiger partial charge in [0.15, 0.2) is 0 Å². The maximum absolute atomic E-state index is 12.2. The zero-order valence-corrected chi connectivity index (χ0v) is 16.8. The molecule has 0 fully saturated rings. The molecule has 3 aromatic rings. The fourth-order valence-corrected chi connectivity index (χ4v) is 2.62. The van der Waals surface area contributed by atoms with Crippen LogP contribution in [0.5, 0.6) is 11.6 Å². The predicted molar refractivity (Wildman–Crippen MR) is 114 cm³/mol. The van der Waals surface area contributed by atoms with Gasteiger partial charge in [-0.2, -0.15) is 5.26 Å². The van der Waals surface area contributed by atoms with Gasteiger partial charge in [-0.3, -0.25) is 9.59 Å². The summed E-state index contributed by atoms with van der Waals surface area (Å²) in [6.45, 7) is 2.03. The van der Waals surface area contributed by atoms with Crippen molar-refractivity contribution in [1.82, 2.24) is 10.3 Å². The number of amides is 2. The van der Waals surface area contributed by atoms with Crippen LogP contribution in [0.3, 0.4) is 0 Å². The Kier molecular flexibility index (Phi) is 7.16. The summed E-state index contributed by atoms with van der Waals surface area (Å²) >= 11 is 0. The van der Waals surface area contributed by atoms with Crippen molar-refractivity contribution in [2.75, 3.05) is 11.9 Å². The Balaban J connectivity index is 1.49. The lowest BCUT2D eigenvalue weighted by molar-refractivity contribution is -0.117. The zero-order chi connectivity index (χ0) is 22.1. The van der Waals surface area contributed by atoms with Crippen LogP contribution in [0.15, 0.2) is 65.4 Å². The number of pyridine rings is 1. The van der Waals surface area contributed by atoms with Crippen molar-refractivity contribution in [3.05, 3.63) is 77.9 Å². The number of aromatic nitrogens is 1. The second kappa shape index (κ2) is 10.4. The van der Waals surface area contributed by atoms with E-state index in [4.69, 9.17) is 14.4 Å². The summed E-state index contributed by atoms with van der Waals surface area (Å²) in [7, 11) is 0. The van der Waals surface area contributed by atoms with Gasteiger partial charge in [0, 0.05) is 30.9 Å². The molecule has 0 spiro atoms. The molecule has 8 nitrogen and oxygen atoms in total. The molecule has 8 heteroatoms. The zero-order valence-electron chi connectivity index (χ0n) is 16.8. The molecule has 0 radical (unpaired) electrons. The van der Waals surface area contributed by atoms with Gasteiger partial charge in [-0.1, -0.05) is 0 Å². The van der Waals surface area contributed by atoms with E-state index < -0.39 is 0 Å². The minimum atomic E-state index is -0.312. The van der Waals surface area contributed by atoms with Crippen molar-refractivity contribution in [1.29, 1.82) is 5.26 Å². The molecule has 2 N–H and O–H groups in total. The van der Waals surface area contributed by atoms with Crippen LogP contribution in [-0.2, 0) is 9.59 Å². The summed E-state index contributed by atoms with van der Waals surface area (Å²) in [4.78, 5) is 28.0. The number of benzene rings is 1. The quantitative estimate of drug-likeness (QED) is 0.539. The van der Waals surface area contributed by atoms with Gasteiger partial charge in [0.25, 0.3) is 0 Å². The van der Waals surface area contributed by atoms with Gasteiger partial charge >= 0.3 is 0 Å². The van der Waals surface area contributed by atoms with Crippen LogP contribution in [0.4, 0.5) is 5.69 Å². The standard InChI is InChI=1S/C23H20N4O4/c1-16-14-19(31-23-17(15-24)4-2-11-26-23)6-8-20(16)27-22(29)10-12-25-21(28)9-7-18-5-3-13-30-18/h2-9,11,13-14H,10,12H2,1H3,(H,25,28)(H,27,29). The molecule has 2 amide bonds. The topological polar surface area (TPSA) is 117 Å². The summed E-state index contributed by atoms with van der Waals surface area (Å²) in [5.74, 6) is 0.749. The fourth-order valence-electron chi connectivity index (χ4n) is 2.62. The number of nitrogens with zero attached hydrogens (tertiary/aromatic N) is 2. The monoisotopic (exact) mass is 416 g/mol. The lowest BCUT2D eigenvalue weighted by atomic mass is 10.2. The molecular weight excluding hydrogens is 396 g/mol. The highest BCUT2D eigenvalue weighted by molar-refractivity contribution is 5.93. The molecule has 0 saturated heterocycles. The number of nitriles is 1. The van der Waals surface area contributed by atoms with E-state index in [1.54, 1.807) is 54.7 Å². The summed E-state index contributed by atoms with van der Waals surface area (Å²) in [6.07, 6.45) is 6.08. The van der Waals surface area contributed by atoms with Crippen molar-refractivity contribution < 1.29 is 18.7 Å². The van der Waals surface area contributed by atoms with E-state index in [1.165, 1.54) is 12.3 Å². The third-order valence-electron chi connectivity index (χ3n) is 4.17. The predicted octanol–water partition coefficient (Wildman–Crippen LogP) is 3.81. The highest BCUT2D eigenvalue weighted by Crippen LogP contribution is 2.26. The van der Waals surface area contributed by atoms with Crippen LogP contribution in [-0.4, -0.2) is 23.3 Å². The SMILES string of the molecule is Cc1cc(Oc2ncccc2C#N)ccc1NC(=O)CCNC(=O)C=Cc1ccco1. The van der Waals surface area contributed by atoms with Gasteiger partial charge in [-0.05, 0) is 61.0 Å². The lowest BCUT2D eigenvalue weighted by Gasteiger charge is -2.11. The molecule has 2 heterocycles. The molecule has 0 bridgehead atoms. The van der Waals surface area contributed by atoms with Gasteiger partial charge in [-0.25, -0.2) is 4.98 Å². The molecule has 0 aliphatic rings. The fraction of sp³-hybridized carbons (Fsp3) is 0.130. The summed E-state index contributed by atoms with van der Waals surface area (Å²) in [5.41, 5.74) is 1.74. The first kappa shape index (κ1) is 21.3. The van der Waals surface area contributed by atoms with E-state index in [2.05, 4.69) is 15.6 Å². The van der Waals surface area contributed by atoms with Crippen molar-refractivity contribution >= 4 is 23.6 Å². The Bertz CT molecular complexity index is 1130. The van der Waals surface area contributed by atoms with Crippen LogP contribution in [0.1, 0.15) is 23.3 Å². The molecule has 0 atom stereocenters. The number of aryl methyl sites for hydroxylation is 1. The van der Waals surface area contributed by atoms with Crippen LogP contribution in [0, 0.1) is 18.3 Å². The summed E-state index contributed by atoms with van der Waals surface area (Å²) in [6, 6.07) is 13.9. The van der Waals surface area contributed by atoms with Crippen molar-refractivity contribution in [3.63, 3.8) is 0 Å². The van der Waals surface area contributed by atoms with Gasteiger partial charge in [0.1, 0.15) is 23.1 Å². The van der Waals surface area contributed by atoms with Crippen LogP contribution in [0.2, 0.25) is 0 Å². The van der Waals surface area contributed by atoms with E-state index in [1.807, 2.05) is 13.0 Å². The highest BCUT2D eigenvalue weighted by Gasteiger charge is 2.09. The van der Waals surface area contributed by atoms with Crippen molar-refractivity contribution in [2.45, 2.75) is 13.3 Å². The number of hydrogen-bond donors (Lipinski definition) is 2. The Labute approximate surface area is 179 Å². The molecule has 3 rings (SSSR count). The molecule has 31 heavy (non-hydrogen) atoms. The number of carbonyl (C=O) groups excluding carboxylic acids is 2. The number of hydrogen-bond acceptors (Lipinski definition) is 6. The Morgan fingerprint density at radius 1 is 1.26 bits per heavy atom. The molecule has 1 aromatic carbocycles. The summed E-state index contributed by atoms with van der Waals surface area (Å²) in [5, 5.41) is 14.6. The minimum absolute atomic E-state index is 0.123. The second-order valence-corrected chi connectivity index (χ2v) is 6.48. The Morgan fingerprint density at radius 3 is 2.87 bits per heavy atom. The number of nitrogens with one attached hydrogen (secondary N) is 2. The number of anilines is 1. The number of ether oxygens (including phenoxy) is 1. The van der Waals surface area contributed by atoms with Crippen LogP contribution < -0.4 is 15.4 Å². The first-order valence-corrected chi connectivity index (χ1v) is 9.48. The van der Waals surface area contributed by atoms with E-state index in [9.17, 15) is 9.59 Å². The minimum Gasteiger partial charge on any atom is -0.465 e. The molecular formula is C23H20N4O4. The number of carbonyl (C=O) groups is 2. The van der Waals surface area contributed by atoms with Gasteiger partial charge < -0.3 is 19.8 Å².